The minimum Gasteiger partial charge on any atom is -0.295 e. The normalized spacial score (nSPS) is 11.5. The average Bonchev–Trinajstić information content (AvgIpc) is 3.07. The van der Waals surface area contributed by atoms with Crippen LogP contribution in [-0.2, 0) is 23.6 Å². The topological polar surface area (TPSA) is 94.0 Å². The summed E-state index contributed by atoms with van der Waals surface area (Å²) < 4.78 is 28.9. The summed E-state index contributed by atoms with van der Waals surface area (Å²) >= 11 is 0. The molecule has 0 unspecified atom stereocenters. The van der Waals surface area contributed by atoms with Crippen molar-refractivity contribution in [3.05, 3.63) is 66.1 Å². The number of carbonyl (C=O) groups is 1. The Kier molecular flexibility index (Phi) is 4.97. The van der Waals surface area contributed by atoms with Gasteiger partial charge in [-0.1, -0.05) is 18.2 Å². The molecule has 0 amide bonds. The van der Waals surface area contributed by atoms with E-state index < -0.39 is 10.0 Å². The number of aromatic nitrogens is 3. The quantitative estimate of drug-likeness (QED) is 0.671. The maximum atomic E-state index is 12.4. The molecular formula is C18H18N4O3S. The number of nitrogens with zero attached hydrogens (tertiary/aromatic N) is 3. The molecule has 1 aromatic carbocycles. The molecule has 0 spiro atoms. The zero-order valence-corrected chi connectivity index (χ0v) is 15.2. The van der Waals surface area contributed by atoms with Gasteiger partial charge in [-0.2, -0.15) is 5.10 Å². The summed E-state index contributed by atoms with van der Waals surface area (Å²) in [6.45, 7) is 1.56. The van der Waals surface area contributed by atoms with E-state index >= 15 is 0 Å². The number of carbonyl (C=O) groups excluding carboxylic acids is 1. The van der Waals surface area contributed by atoms with Gasteiger partial charge in [0.2, 0.25) is 10.0 Å². The van der Waals surface area contributed by atoms with Crippen molar-refractivity contribution < 1.29 is 13.2 Å². The SMILES string of the molecule is CC(=O)c1ccc(S(=O)(=O)NCc2ccc(-c3cnn(C)c3)nc2)cc1. The highest BCUT2D eigenvalue weighted by atomic mass is 32.2. The lowest BCUT2D eigenvalue weighted by molar-refractivity contribution is 0.101. The largest absolute Gasteiger partial charge is 0.295 e. The van der Waals surface area contributed by atoms with Gasteiger partial charge in [-0.15, -0.1) is 0 Å². The molecule has 1 N–H and O–H groups in total. The summed E-state index contributed by atoms with van der Waals surface area (Å²) in [4.78, 5) is 15.7. The zero-order chi connectivity index (χ0) is 18.7. The van der Waals surface area contributed by atoms with E-state index in [-0.39, 0.29) is 17.2 Å². The van der Waals surface area contributed by atoms with E-state index in [1.165, 1.54) is 31.2 Å². The molecule has 0 aliphatic carbocycles. The van der Waals surface area contributed by atoms with Crippen molar-refractivity contribution in [2.75, 3.05) is 0 Å². The van der Waals surface area contributed by atoms with E-state index in [2.05, 4.69) is 14.8 Å². The maximum absolute atomic E-state index is 12.4. The van der Waals surface area contributed by atoms with Gasteiger partial charge in [0.25, 0.3) is 0 Å². The van der Waals surface area contributed by atoms with Crippen molar-refractivity contribution in [3.8, 4) is 11.3 Å². The van der Waals surface area contributed by atoms with Gasteiger partial charge < -0.3 is 0 Å². The highest BCUT2D eigenvalue weighted by molar-refractivity contribution is 7.89. The van der Waals surface area contributed by atoms with Crippen LogP contribution in [0.2, 0.25) is 0 Å². The number of sulfonamides is 1. The maximum Gasteiger partial charge on any atom is 0.240 e. The smallest absolute Gasteiger partial charge is 0.240 e. The minimum absolute atomic E-state index is 0.110. The molecule has 0 aliphatic rings. The number of rotatable bonds is 6. The van der Waals surface area contributed by atoms with Gasteiger partial charge >= 0.3 is 0 Å². The lowest BCUT2D eigenvalue weighted by atomic mass is 10.2. The summed E-state index contributed by atoms with van der Waals surface area (Å²) in [5.41, 5.74) is 2.87. The molecule has 26 heavy (non-hydrogen) atoms. The molecule has 0 radical (unpaired) electrons. The molecule has 2 heterocycles. The lowest BCUT2D eigenvalue weighted by Gasteiger charge is -2.07. The first-order chi connectivity index (χ1) is 12.3. The number of hydrogen-bond donors (Lipinski definition) is 1. The van der Waals surface area contributed by atoms with Crippen LogP contribution in [0.4, 0.5) is 0 Å². The summed E-state index contributed by atoms with van der Waals surface area (Å²) in [5.74, 6) is -0.110. The van der Waals surface area contributed by atoms with E-state index in [0.29, 0.717) is 5.56 Å². The van der Waals surface area contributed by atoms with Crippen LogP contribution < -0.4 is 4.72 Å². The second-order valence-electron chi connectivity index (χ2n) is 5.86. The molecule has 0 atom stereocenters. The molecule has 134 valence electrons. The van der Waals surface area contributed by atoms with Crippen LogP contribution >= 0.6 is 0 Å². The van der Waals surface area contributed by atoms with Crippen LogP contribution in [0.15, 0.2) is 59.9 Å². The van der Waals surface area contributed by atoms with Crippen molar-refractivity contribution in [1.29, 1.82) is 0 Å². The fourth-order valence-electron chi connectivity index (χ4n) is 2.38. The van der Waals surface area contributed by atoms with Crippen LogP contribution in [0.5, 0.6) is 0 Å². The highest BCUT2D eigenvalue weighted by Gasteiger charge is 2.14. The van der Waals surface area contributed by atoms with E-state index in [1.54, 1.807) is 17.1 Å². The second-order valence-corrected chi connectivity index (χ2v) is 7.63. The van der Waals surface area contributed by atoms with Crippen molar-refractivity contribution in [1.82, 2.24) is 19.5 Å². The second kappa shape index (κ2) is 7.19. The fourth-order valence-corrected chi connectivity index (χ4v) is 3.40. The van der Waals surface area contributed by atoms with Crippen molar-refractivity contribution in [2.24, 2.45) is 7.05 Å². The van der Waals surface area contributed by atoms with E-state index in [1.807, 2.05) is 25.4 Å². The van der Waals surface area contributed by atoms with Gasteiger partial charge in [0.15, 0.2) is 5.78 Å². The zero-order valence-electron chi connectivity index (χ0n) is 14.4. The van der Waals surface area contributed by atoms with Crippen LogP contribution in [0.1, 0.15) is 22.8 Å². The number of Topliss-reactive ketones (excluding diaryl/α,β-unsaturated/α-hetero) is 1. The molecule has 2 aromatic heterocycles. The Morgan fingerprint density at radius 2 is 1.85 bits per heavy atom. The van der Waals surface area contributed by atoms with Gasteiger partial charge in [0.1, 0.15) is 0 Å². The third-order valence-corrected chi connectivity index (χ3v) is 5.28. The Balaban J connectivity index is 1.68. The van der Waals surface area contributed by atoms with E-state index in [4.69, 9.17) is 0 Å². The first kappa shape index (κ1) is 18.0. The predicted molar refractivity (Wildman–Crippen MR) is 96.9 cm³/mol. The van der Waals surface area contributed by atoms with Gasteiger partial charge in [0, 0.05) is 37.1 Å². The van der Waals surface area contributed by atoms with Gasteiger partial charge in [-0.25, -0.2) is 13.1 Å². The summed E-state index contributed by atoms with van der Waals surface area (Å²) in [7, 11) is -1.83. The highest BCUT2D eigenvalue weighted by Crippen LogP contribution is 2.16. The molecular weight excluding hydrogens is 352 g/mol. The molecule has 7 nitrogen and oxygen atoms in total. The first-order valence-corrected chi connectivity index (χ1v) is 9.38. The van der Waals surface area contributed by atoms with Crippen LogP contribution in [-0.4, -0.2) is 29.0 Å². The van der Waals surface area contributed by atoms with E-state index in [9.17, 15) is 13.2 Å². The minimum atomic E-state index is -3.66. The Labute approximate surface area is 151 Å². The summed E-state index contributed by atoms with van der Waals surface area (Å²) in [6, 6.07) is 9.48. The number of benzene rings is 1. The van der Waals surface area contributed by atoms with Gasteiger partial charge in [-0.3, -0.25) is 14.5 Å². The molecule has 0 fully saturated rings. The van der Waals surface area contributed by atoms with Crippen LogP contribution in [0, 0.1) is 0 Å². The van der Waals surface area contributed by atoms with Gasteiger partial charge in [-0.05, 0) is 30.7 Å². The summed E-state index contributed by atoms with van der Waals surface area (Å²) in [5, 5.41) is 4.10. The Hall–Kier alpha value is -2.84. The Morgan fingerprint density at radius 1 is 1.12 bits per heavy atom. The predicted octanol–water partition coefficient (Wildman–Crippen LogP) is 2.16. The van der Waals surface area contributed by atoms with Crippen molar-refractivity contribution in [2.45, 2.75) is 18.4 Å². The number of aryl methyl sites for hydroxylation is 1. The number of pyridine rings is 1. The average molecular weight is 370 g/mol. The van der Waals surface area contributed by atoms with Crippen LogP contribution in [0.25, 0.3) is 11.3 Å². The molecule has 3 rings (SSSR count). The molecule has 0 saturated heterocycles. The lowest BCUT2D eigenvalue weighted by Crippen LogP contribution is -2.23. The fraction of sp³-hybridized carbons (Fsp3) is 0.167. The van der Waals surface area contributed by atoms with Crippen molar-refractivity contribution >= 4 is 15.8 Å². The monoisotopic (exact) mass is 370 g/mol. The van der Waals surface area contributed by atoms with Crippen molar-refractivity contribution in [3.63, 3.8) is 0 Å². The number of nitrogens with one attached hydrogen (secondary N) is 1. The Morgan fingerprint density at radius 3 is 2.38 bits per heavy atom. The third kappa shape index (κ3) is 4.04. The Bertz CT molecular complexity index is 1020. The molecule has 8 heteroatoms. The molecule has 0 saturated carbocycles. The number of ketones is 1. The third-order valence-electron chi connectivity index (χ3n) is 3.86. The molecule has 0 bridgehead atoms. The van der Waals surface area contributed by atoms with E-state index in [0.717, 1.165) is 16.8 Å². The molecule has 3 aromatic rings. The number of hydrogen-bond acceptors (Lipinski definition) is 5. The first-order valence-electron chi connectivity index (χ1n) is 7.90. The molecule has 0 aliphatic heterocycles. The standard InChI is InChI=1S/C18H18N4O3S/c1-13(23)15-4-6-17(7-5-15)26(24,25)21-10-14-3-8-18(19-9-14)16-11-20-22(2)12-16/h3-9,11-12,21H,10H2,1-2H3. The van der Waals surface area contributed by atoms with Crippen LogP contribution in [0.3, 0.4) is 0 Å². The summed E-state index contributed by atoms with van der Waals surface area (Å²) in [6.07, 6.45) is 5.20. The van der Waals surface area contributed by atoms with Gasteiger partial charge in [0.05, 0.1) is 16.8 Å².